The third-order valence-electron chi connectivity index (χ3n) is 1.50. The zero-order valence-electron chi connectivity index (χ0n) is 6.36. The Morgan fingerprint density at radius 2 is 1.78 bits per heavy atom. The van der Waals surface area contributed by atoms with E-state index in [1.54, 1.807) is 0 Å². The maximum absolute atomic E-state index is 5.58. The van der Waals surface area contributed by atoms with Gasteiger partial charge in [-0.25, -0.2) is 0 Å². The second-order valence-corrected chi connectivity index (χ2v) is 8.85. The Hall–Kier alpha value is 0.848. The van der Waals surface area contributed by atoms with Crippen LogP contribution in [0.1, 0.15) is 20.3 Å². The molecule has 0 atom stereocenters. The molecule has 0 radical (unpaired) electrons. The Bertz CT molecular complexity index is 52.9. The first kappa shape index (κ1) is 9.85. The predicted octanol–water partition coefficient (Wildman–Crippen LogP) is 3.15. The Kier molecular flexibility index (Phi) is 7.62. The molecule has 9 heavy (non-hydrogen) atoms. The van der Waals surface area contributed by atoms with Crippen LogP contribution in [0.15, 0.2) is 0 Å². The first-order chi connectivity index (χ1) is 4.35. The molecule has 0 saturated carbocycles. The summed E-state index contributed by atoms with van der Waals surface area (Å²) in [6, 6.07) is 0. The minimum absolute atomic E-state index is 0.355. The summed E-state index contributed by atoms with van der Waals surface area (Å²) in [5.74, 6) is 0.866. The van der Waals surface area contributed by atoms with E-state index in [-0.39, 0.29) is 14.7 Å². The Morgan fingerprint density at radius 1 is 1.22 bits per heavy atom. The zero-order chi connectivity index (χ0) is 7.11. The third kappa shape index (κ3) is 5.30. The molecule has 0 aliphatic rings. The number of rotatable bonds is 5. The summed E-state index contributed by atoms with van der Waals surface area (Å²) < 4.78 is 0. The molecular weight excluding hydrogens is 194 g/mol. The summed E-state index contributed by atoms with van der Waals surface area (Å²) in [6.45, 7) is 4.63. The van der Waals surface area contributed by atoms with E-state index < -0.39 is 0 Å². The van der Waals surface area contributed by atoms with Gasteiger partial charge in [0.1, 0.15) is 0 Å². The Morgan fingerprint density at radius 3 is 2.11 bits per heavy atom. The van der Waals surface area contributed by atoms with Gasteiger partial charge in [-0.3, -0.25) is 0 Å². The number of halogens is 1. The second-order valence-electron chi connectivity index (χ2n) is 2.07. The van der Waals surface area contributed by atoms with E-state index in [4.69, 9.17) is 11.6 Å². The van der Waals surface area contributed by atoms with Crippen molar-refractivity contribution in [1.29, 1.82) is 0 Å². The van der Waals surface area contributed by atoms with Gasteiger partial charge in [-0.05, 0) is 0 Å². The summed E-state index contributed by atoms with van der Waals surface area (Å²) in [6.07, 6.45) is 1.25. The molecule has 56 valence electrons. The van der Waals surface area contributed by atoms with Crippen molar-refractivity contribution in [2.75, 3.05) is 5.88 Å². The molecule has 2 heteroatoms. The number of hydrogen-bond acceptors (Lipinski definition) is 0. The molecule has 0 aromatic heterocycles. The molecule has 0 rings (SSSR count). The van der Waals surface area contributed by atoms with Gasteiger partial charge < -0.3 is 0 Å². The van der Waals surface area contributed by atoms with Gasteiger partial charge in [0, 0.05) is 0 Å². The van der Waals surface area contributed by atoms with Crippen molar-refractivity contribution in [2.24, 2.45) is 0 Å². The van der Waals surface area contributed by atoms with Crippen molar-refractivity contribution in [3.05, 3.63) is 0 Å². The summed E-state index contributed by atoms with van der Waals surface area (Å²) in [7, 11) is 0. The van der Waals surface area contributed by atoms with E-state index in [1.165, 1.54) is 22.0 Å². The van der Waals surface area contributed by atoms with E-state index in [0.717, 1.165) is 5.88 Å². The Balaban J connectivity index is 3.09. The molecule has 0 aliphatic heterocycles. The van der Waals surface area contributed by atoms with Crippen molar-refractivity contribution in [3.63, 3.8) is 0 Å². The standard InChI is InChI=1S/C7H16AsCl/c1-3-8(4-2)6-5-7-9/h3-7H2,1-2H3. The predicted molar refractivity (Wildman–Crippen MR) is 46.9 cm³/mol. The average molecular weight is 211 g/mol. The fourth-order valence-corrected chi connectivity index (χ4v) is 4.90. The first-order valence-corrected chi connectivity index (χ1v) is 8.15. The van der Waals surface area contributed by atoms with Gasteiger partial charge in [0.25, 0.3) is 0 Å². The van der Waals surface area contributed by atoms with Crippen LogP contribution >= 0.6 is 11.6 Å². The molecular formula is C7H16AsCl. The summed E-state index contributed by atoms with van der Waals surface area (Å²) >= 11 is 5.23. The Labute approximate surface area is 68.2 Å². The van der Waals surface area contributed by atoms with Gasteiger partial charge in [0.15, 0.2) is 0 Å². The molecule has 0 spiro atoms. The molecule has 0 bridgehead atoms. The molecule has 0 amide bonds. The van der Waals surface area contributed by atoms with Crippen LogP contribution in [0.25, 0.3) is 0 Å². The normalized spacial score (nSPS) is 10.7. The van der Waals surface area contributed by atoms with Crippen LogP contribution in [0.2, 0.25) is 15.6 Å². The van der Waals surface area contributed by atoms with Crippen LogP contribution in [-0.2, 0) is 0 Å². The zero-order valence-corrected chi connectivity index (χ0v) is 8.99. The molecule has 0 aromatic carbocycles. The van der Waals surface area contributed by atoms with Crippen LogP contribution in [0.5, 0.6) is 0 Å². The SMILES string of the molecule is CC[As](CC)CCCCl. The monoisotopic (exact) mass is 210 g/mol. The summed E-state index contributed by atoms with van der Waals surface area (Å²) in [5.41, 5.74) is 0. The van der Waals surface area contributed by atoms with Crippen LogP contribution < -0.4 is 0 Å². The van der Waals surface area contributed by atoms with Gasteiger partial charge in [-0.1, -0.05) is 0 Å². The second kappa shape index (κ2) is 6.96. The van der Waals surface area contributed by atoms with Crippen LogP contribution in [-0.4, -0.2) is 20.5 Å². The molecule has 0 unspecified atom stereocenters. The van der Waals surface area contributed by atoms with Crippen molar-refractivity contribution in [3.8, 4) is 0 Å². The van der Waals surface area contributed by atoms with Gasteiger partial charge in [0.2, 0.25) is 0 Å². The van der Waals surface area contributed by atoms with Crippen LogP contribution in [0.4, 0.5) is 0 Å². The molecule has 0 aliphatic carbocycles. The molecule has 0 aromatic rings. The van der Waals surface area contributed by atoms with Crippen molar-refractivity contribution in [2.45, 2.75) is 35.9 Å². The van der Waals surface area contributed by atoms with E-state index in [2.05, 4.69) is 13.8 Å². The van der Waals surface area contributed by atoms with Crippen molar-refractivity contribution in [1.82, 2.24) is 0 Å². The average Bonchev–Trinajstić information content (AvgIpc) is 1.91. The fraction of sp³-hybridized carbons (Fsp3) is 1.00. The number of hydrogen-bond donors (Lipinski definition) is 0. The first-order valence-electron chi connectivity index (χ1n) is 3.63. The quantitative estimate of drug-likeness (QED) is 0.483. The van der Waals surface area contributed by atoms with Gasteiger partial charge >= 0.3 is 68.0 Å². The van der Waals surface area contributed by atoms with E-state index in [9.17, 15) is 0 Å². The van der Waals surface area contributed by atoms with E-state index >= 15 is 0 Å². The molecule has 0 N–H and O–H groups in total. The number of alkyl halides is 1. The molecule has 0 heterocycles. The van der Waals surface area contributed by atoms with E-state index in [0.29, 0.717) is 0 Å². The van der Waals surface area contributed by atoms with Crippen molar-refractivity contribution >= 4 is 26.3 Å². The van der Waals surface area contributed by atoms with Gasteiger partial charge in [0.05, 0.1) is 0 Å². The molecule has 0 saturated heterocycles. The van der Waals surface area contributed by atoms with Crippen LogP contribution in [0.3, 0.4) is 0 Å². The van der Waals surface area contributed by atoms with Gasteiger partial charge in [-0.2, -0.15) is 0 Å². The maximum atomic E-state index is 5.58. The molecule has 0 nitrogen and oxygen atoms in total. The third-order valence-corrected chi connectivity index (χ3v) is 7.51. The van der Waals surface area contributed by atoms with Crippen molar-refractivity contribution < 1.29 is 0 Å². The fourth-order valence-electron chi connectivity index (χ4n) is 0.823. The molecule has 0 fully saturated rings. The van der Waals surface area contributed by atoms with E-state index in [1.807, 2.05) is 0 Å². The summed E-state index contributed by atoms with van der Waals surface area (Å²) in [5, 5.41) is 4.38. The van der Waals surface area contributed by atoms with Crippen LogP contribution in [0, 0.1) is 0 Å². The van der Waals surface area contributed by atoms with Gasteiger partial charge in [-0.15, -0.1) is 0 Å². The minimum atomic E-state index is -0.355. The topological polar surface area (TPSA) is 0 Å². The summed E-state index contributed by atoms with van der Waals surface area (Å²) in [4.78, 5) is 0.